The van der Waals surface area contributed by atoms with E-state index in [0.29, 0.717) is 12.8 Å². The van der Waals surface area contributed by atoms with Crippen LogP contribution in [0.5, 0.6) is 0 Å². The van der Waals surface area contributed by atoms with E-state index in [1.165, 1.54) is 6.92 Å². The molecule has 0 saturated carbocycles. The maximum Gasteiger partial charge on any atom is 0.407 e. The minimum Gasteiger partial charge on any atom is -0.480 e. The number of rotatable bonds is 8. The van der Waals surface area contributed by atoms with Crippen molar-refractivity contribution in [2.45, 2.75) is 56.5 Å². The average Bonchev–Trinajstić information content (AvgIpc) is 3.16. The third-order valence-electron chi connectivity index (χ3n) is 7.25. The van der Waals surface area contributed by atoms with Gasteiger partial charge in [-0.25, -0.2) is 9.59 Å². The van der Waals surface area contributed by atoms with Crippen LogP contribution in [0, 0.1) is 0 Å². The highest BCUT2D eigenvalue weighted by atomic mass is 32.2. The van der Waals surface area contributed by atoms with Crippen LogP contribution in [0.4, 0.5) is 4.79 Å². The fourth-order valence-corrected chi connectivity index (χ4v) is 6.19. The van der Waals surface area contributed by atoms with E-state index in [4.69, 9.17) is 4.74 Å². The first-order valence-electron chi connectivity index (χ1n) is 12.0. The highest BCUT2D eigenvalue weighted by Gasteiger charge is 2.40. The number of carboxylic acids is 1. The van der Waals surface area contributed by atoms with Gasteiger partial charge in [0.25, 0.3) is 0 Å². The topological polar surface area (TPSA) is 105 Å². The van der Waals surface area contributed by atoms with Crippen LogP contribution in [-0.2, 0) is 14.3 Å². The summed E-state index contributed by atoms with van der Waals surface area (Å²) in [6.07, 6.45) is 0.955. The Morgan fingerprint density at radius 3 is 2.17 bits per heavy atom. The van der Waals surface area contributed by atoms with Crippen LogP contribution < -0.4 is 10.6 Å². The number of hydrogen-bond acceptors (Lipinski definition) is 5. The Morgan fingerprint density at radius 1 is 1.06 bits per heavy atom. The monoisotopic (exact) mass is 496 g/mol. The number of fused-ring (bicyclic) bond motifs is 3. The summed E-state index contributed by atoms with van der Waals surface area (Å²) in [7, 11) is 0. The zero-order valence-corrected chi connectivity index (χ0v) is 21.0. The van der Waals surface area contributed by atoms with Crippen molar-refractivity contribution in [1.29, 1.82) is 0 Å². The number of hydrogen-bond donors (Lipinski definition) is 3. The second kappa shape index (κ2) is 10.3. The van der Waals surface area contributed by atoms with Gasteiger partial charge in [0, 0.05) is 12.3 Å². The lowest BCUT2D eigenvalue weighted by atomic mass is 9.87. The van der Waals surface area contributed by atoms with E-state index in [9.17, 15) is 19.5 Å². The predicted octanol–water partition coefficient (Wildman–Crippen LogP) is 4.55. The zero-order chi connectivity index (χ0) is 25.1. The molecule has 1 aliphatic carbocycles. The van der Waals surface area contributed by atoms with E-state index >= 15 is 0 Å². The smallest absolute Gasteiger partial charge is 0.407 e. The summed E-state index contributed by atoms with van der Waals surface area (Å²) in [5.41, 5.74) is 2.49. The third-order valence-corrected chi connectivity index (χ3v) is 8.24. The molecule has 2 aromatic carbocycles. The lowest BCUT2D eigenvalue weighted by Gasteiger charge is -2.38. The molecule has 3 N–H and O–H groups in total. The number of carbonyl (C=O) groups excluding carboxylic acids is 2. The average molecular weight is 497 g/mol. The van der Waals surface area contributed by atoms with Crippen molar-refractivity contribution in [2.24, 2.45) is 0 Å². The van der Waals surface area contributed by atoms with E-state index in [-0.39, 0.29) is 31.3 Å². The molecule has 4 rings (SSSR count). The first kappa shape index (κ1) is 25.1. The number of carboxylic acid groups (broad SMARTS) is 1. The highest BCUT2D eigenvalue weighted by Crippen LogP contribution is 2.44. The summed E-state index contributed by atoms with van der Waals surface area (Å²) in [6.45, 7) is 3.41. The highest BCUT2D eigenvalue weighted by molar-refractivity contribution is 7.99. The fourth-order valence-electron chi connectivity index (χ4n) is 4.91. The van der Waals surface area contributed by atoms with E-state index in [1.54, 1.807) is 18.7 Å². The van der Waals surface area contributed by atoms with Gasteiger partial charge in [-0.2, -0.15) is 11.8 Å². The van der Waals surface area contributed by atoms with Gasteiger partial charge in [-0.1, -0.05) is 55.5 Å². The molecule has 7 nitrogen and oxygen atoms in total. The molecule has 1 fully saturated rings. The summed E-state index contributed by atoms with van der Waals surface area (Å²) in [5, 5.41) is 15.1. The van der Waals surface area contributed by atoms with Gasteiger partial charge in [0.1, 0.15) is 12.1 Å². The van der Waals surface area contributed by atoms with Crippen molar-refractivity contribution in [3.05, 3.63) is 59.7 Å². The fraction of sp³-hybridized carbons (Fsp3) is 0.444. The number of ether oxygens (including phenoxy) is 1. The van der Waals surface area contributed by atoms with Crippen LogP contribution in [0.15, 0.2) is 48.5 Å². The van der Waals surface area contributed by atoms with E-state index in [1.807, 2.05) is 24.3 Å². The zero-order valence-electron chi connectivity index (χ0n) is 20.1. The molecule has 1 atom stereocenters. The van der Waals surface area contributed by atoms with E-state index in [2.05, 4.69) is 34.9 Å². The molecule has 1 heterocycles. The maximum atomic E-state index is 13.0. The Morgan fingerprint density at radius 2 is 1.63 bits per heavy atom. The number of nitrogens with one attached hydrogen (secondary N) is 2. The minimum atomic E-state index is -1.34. The normalized spacial score (nSPS) is 18.0. The van der Waals surface area contributed by atoms with Gasteiger partial charge in [-0.15, -0.1) is 0 Å². The summed E-state index contributed by atoms with van der Waals surface area (Å²) in [5.74, 6) is 0.103. The molecule has 1 aliphatic heterocycles. The van der Waals surface area contributed by atoms with Gasteiger partial charge >= 0.3 is 12.1 Å². The van der Waals surface area contributed by atoms with Crippen molar-refractivity contribution >= 4 is 29.7 Å². The molecular weight excluding hydrogens is 464 g/mol. The molecule has 0 radical (unpaired) electrons. The molecule has 1 saturated heterocycles. The molecule has 1 unspecified atom stereocenters. The van der Waals surface area contributed by atoms with Gasteiger partial charge in [0.2, 0.25) is 5.91 Å². The van der Waals surface area contributed by atoms with Crippen molar-refractivity contribution in [3.63, 3.8) is 0 Å². The quantitative estimate of drug-likeness (QED) is 0.495. The molecular formula is C27H32N2O5S. The molecule has 2 aromatic rings. The standard InChI is InChI=1S/C27H32N2O5S/c1-3-26(2,24(31)32)28-23(30)16-27(12-14-35-15-13-27)29-25(33)34-17-22-20-10-6-4-8-18(20)19-9-5-7-11-21(19)22/h4-11,22H,3,12-17H2,1-2H3,(H,28,30)(H,29,33)(H,31,32). The summed E-state index contributed by atoms with van der Waals surface area (Å²) < 4.78 is 5.73. The largest absolute Gasteiger partial charge is 0.480 e. The Labute approximate surface area is 210 Å². The second-order valence-electron chi connectivity index (χ2n) is 9.56. The van der Waals surface area contributed by atoms with Gasteiger partial charge in [0.15, 0.2) is 0 Å². The molecule has 35 heavy (non-hydrogen) atoms. The van der Waals surface area contributed by atoms with Gasteiger partial charge in [-0.3, -0.25) is 4.79 Å². The molecule has 186 valence electrons. The van der Waals surface area contributed by atoms with Crippen LogP contribution in [-0.4, -0.2) is 52.3 Å². The first-order valence-corrected chi connectivity index (χ1v) is 13.2. The summed E-state index contributed by atoms with van der Waals surface area (Å²) in [4.78, 5) is 37.4. The van der Waals surface area contributed by atoms with Gasteiger partial charge in [0.05, 0.1) is 5.54 Å². The second-order valence-corrected chi connectivity index (χ2v) is 10.8. The van der Waals surface area contributed by atoms with Gasteiger partial charge < -0.3 is 20.5 Å². The summed E-state index contributed by atoms with van der Waals surface area (Å²) in [6, 6.07) is 16.3. The number of aliphatic carboxylic acids is 1. The van der Waals surface area contributed by atoms with Crippen molar-refractivity contribution in [3.8, 4) is 11.1 Å². The van der Waals surface area contributed by atoms with Crippen molar-refractivity contribution in [2.75, 3.05) is 18.1 Å². The van der Waals surface area contributed by atoms with Crippen LogP contribution in [0.25, 0.3) is 11.1 Å². The van der Waals surface area contributed by atoms with Crippen LogP contribution in [0.2, 0.25) is 0 Å². The Balaban J connectivity index is 1.43. The number of alkyl carbamates (subject to hydrolysis) is 1. The summed E-state index contributed by atoms with van der Waals surface area (Å²) >= 11 is 1.77. The molecule has 2 amide bonds. The lowest BCUT2D eigenvalue weighted by molar-refractivity contribution is -0.147. The Kier molecular flexibility index (Phi) is 7.40. The van der Waals surface area contributed by atoms with E-state index in [0.717, 1.165) is 33.8 Å². The molecule has 2 aliphatic rings. The number of benzene rings is 2. The maximum absolute atomic E-state index is 13.0. The number of amides is 2. The predicted molar refractivity (Wildman–Crippen MR) is 137 cm³/mol. The first-order chi connectivity index (χ1) is 16.8. The van der Waals surface area contributed by atoms with Crippen LogP contribution in [0.1, 0.15) is 56.6 Å². The molecule has 0 spiro atoms. The van der Waals surface area contributed by atoms with Crippen molar-refractivity contribution in [1.82, 2.24) is 10.6 Å². The molecule has 8 heteroatoms. The van der Waals surface area contributed by atoms with Gasteiger partial charge in [-0.05, 0) is 59.9 Å². The van der Waals surface area contributed by atoms with Crippen molar-refractivity contribution < 1.29 is 24.2 Å². The number of carbonyl (C=O) groups is 3. The third kappa shape index (κ3) is 5.32. The Bertz CT molecular complexity index is 1070. The number of thioether (sulfide) groups is 1. The SMILES string of the molecule is CCC(C)(NC(=O)CC1(NC(=O)OCC2c3ccccc3-c3ccccc32)CCSCC1)C(=O)O. The lowest BCUT2D eigenvalue weighted by Crippen LogP contribution is -2.57. The minimum absolute atomic E-state index is 0.0145. The van der Waals surface area contributed by atoms with E-state index < -0.39 is 23.1 Å². The molecule has 0 aromatic heterocycles. The molecule has 0 bridgehead atoms. The van der Waals surface area contributed by atoms with Crippen LogP contribution in [0.3, 0.4) is 0 Å². The van der Waals surface area contributed by atoms with Crippen LogP contribution >= 0.6 is 11.8 Å². The Hall–Kier alpha value is -3.00.